The first kappa shape index (κ1) is 18.6. The van der Waals surface area contributed by atoms with Gasteiger partial charge < -0.3 is 19.6 Å². The molecule has 154 valence electrons. The molecular formula is C22H23N5O3. The van der Waals surface area contributed by atoms with Gasteiger partial charge >= 0.3 is 0 Å². The third kappa shape index (κ3) is 3.61. The molecule has 30 heavy (non-hydrogen) atoms. The van der Waals surface area contributed by atoms with Crippen molar-refractivity contribution in [2.75, 3.05) is 44.3 Å². The van der Waals surface area contributed by atoms with Crippen LogP contribution < -0.4 is 9.64 Å². The van der Waals surface area contributed by atoms with Gasteiger partial charge in [-0.15, -0.1) is 0 Å². The van der Waals surface area contributed by atoms with Gasteiger partial charge in [-0.3, -0.25) is 4.79 Å². The lowest BCUT2D eigenvalue weighted by atomic mass is 10.1. The highest BCUT2D eigenvalue weighted by Gasteiger charge is 2.27. The van der Waals surface area contributed by atoms with Crippen molar-refractivity contribution in [3.8, 4) is 16.9 Å². The number of aliphatic hydroxyl groups is 1. The van der Waals surface area contributed by atoms with E-state index in [1.165, 1.54) is 0 Å². The molecule has 1 aromatic carbocycles. The molecule has 3 heterocycles. The smallest absolute Gasteiger partial charge is 0.233 e. The number of fused-ring (bicyclic) bond motifs is 4. The summed E-state index contributed by atoms with van der Waals surface area (Å²) < 4.78 is 7.70. The Bertz CT molecular complexity index is 1100. The van der Waals surface area contributed by atoms with Gasteiger partial charge in [0.25, 0.3) is 0 Å². The van der Waals surface area contributed by atoms with Crippen molar-refractivity contribution in [1.29, 1.82) is 0 Å². The summed E-state index contributed by atoms with van der Waals surface area (Å²) in [6.45, 7) is 2.44. The molecule has 1 aliphatic heterocycles. The van der Waals surface area contributed by atoms with Gasteiger partial charge in [-0.2, -0.15) is 5.10 Å². The molecule has 0 saturated carbocycles. The third-order valence-corrected chi connectivity index (χ3v) is 5.44. The second-order valence-corrected chi connectivity index (χ2v) is 7.44. The number of ether oxygens (including phenoxy) is 1. The highest BCUT2D eigenvalue weighted by Crippen LogP contribution is 2.28. The molecule has 8 nitrogen and oxygen atoms in total. The van der Waals surface area contributed by atoms with Crippen LogP contribution in [0.3, 0.4) is 0 Å². The molecule has 0 fully saturated rings. The Morgan fingerprint density at radius 2 is 2.10 bits per heavy atom. The van der Waals surface area contributed by atoms with E-state index in [4.69, 9.17) is 9.72 Å². The van der Waals surface area contributed by atoms with E-state index in [0.29, 0.717) is 32.8 Å². The average Bonchev–Trinajstić information content (AvgIpc) is 3.53. The van der Waals surface area contributed by atoms with Crippen LogP contribution in [-0.4, -0.2) is 69.9 Å². The highest BCUT2D eigenvalue weighted by molar-refractivity contribution is 5.86. The Labute approximate surface area is 174 Å². The van der Waals surface area contributed by atoms with Crippen LogP contribution in [0.25, 0.3) is 16.8 Å². The van der Waals surface area contributed by atoms with E-state index in [-0.39, 0.29) is 18.4 Å². The predicted octanol–water partition coefficient (Wildman–Crippen LogP) is 1.60. The summed E-state index contributed by atoms with van der Waals surface area (Å²) in [5.41, 5.74) is 2.62. The monoisotopic (exact) mass is 405 g/mol. The van der Waals surface area contributed by atoms with Gasteiger partial charge in [-0.25, -0.2) is 9.50 Å². The van der Waals surface area contributed by atoms with Crippen LogP contribution in [0, 0.1) is 5.92 Å². The SMILES string of the molecule is O=C(C1C=C1)N1CCOc2cccc(c2)-c2cnn3ccc(nc23)N(CCO)CC1. The van der Waals surface area contributed by atoms with Gasteiger partial charge in [0, 0.05) is 31.4 Å². The number of rotatable bonds is 3. The summed E-state index contributed by atoms with van der Waals surface area (Å²) in [5.74, 6) is 1.49. The van der Waals surface area contributed by atoms with Gasteiger partial charge in [0.1, 0.15) is 18.2 Å². The molecule has 2 aliphatic rings. The van der Waals surface area contributed by atoms with Crippen LogP contribution in [0.4, 0.5) is 5.82 Å². The quantitative estimate of drug-likeness (QED) is 0.667. The van der Waals surface area contributed by atoms with Gasteiger partial charge in [-0.1, -0.05) is 24.3 Å². The lowest BCUT2D eigenvalue weighted by molar-refractivity contribution is -0.132. The number of nitrogens with zero attached hydrogens (tertiary/aromatic N) is 5. The van der Waals surface area contributed by atoms with Crippen LogP contribution >= 0.6 is 0 Å². The van der Waals surface area contributed by atoms with E-state index in [1.807, 2.05) is 58.5 Å². The summed E-state index contributed by atoms with van der Waals surface area (Å²) in [7, 11) is 0. The highest BCUT2D eigenvalue weighted by atomic mass is 16.5. The lowest BCUT2D eigenvalue weighted by Crippen LogP contribution is -2.42. The van der Waals surface area contributed by atoms with Crippen molar-refractivity contribution in [3.63, 3.8) is 0 Å². The fourth-order valence-electron chi connectivity index (χ4n) is 3.73. The second-order valence-electron chi connectivity index (χ2n) is 7.44. The minimum atomic E-state index is -0.0951. The molecular weight excluding hydrogens is 382 g/mol. The Morgan fingerprint density at radius 1 is 1.20 bits per heavy atom. The number of aromatic nitrogens is 3. The normalized spacial score (nSPS) is 16.6. The molecule has 1 N–H and O–H groups in total. The van der Waals surface area contributed by atoms with Crippen LogP contribution in [-0.2, 0) is 4.79 Å². The van der Waals surface area contributed by atoms with Crippen molar-refractivity contribution in [1.82, 2.24) is 19.5 Å². The molecule has 1 aliphatic carbocycles. The van der Waals surface area contributed by atoms with Crippen LogP contribution in [0.1, 0.15) is 0 Å². The predicted molar refractivity (Wildman–Crippen MR) is 112 cm³/mol. The van der Waals surface area contributed by atoms with E-state index >= 15 is 0 Å². The molecule has 3 aromatic rings. The molecule has 0 unspecified atom stereocenters. The van der Waals surface area contributed by atoms with Crippen molar-refractivity contribution in [2.45, 2.75) is 0 Å². The number of hydrogen-bond donors (Lipinski definition) is 1. The summed E-state index contributed by atoms with van der Waals surface area (Å²) in [6, 6.07) is 9.72. The van der Waals surface area contributed by atoms with E-state index in [0.717, 1.165) is 28.3 Å². The van der Waals surface area contributed by atoms with E-state index in [1.54, 1.807) is 10.7 Å². The standard InChI is InChI=1S/C22H23N5O3/c28-12-10-25-8-9-26(22(29)16-4-5-16)11-13-30-18-3-1-2-17(14-18)19-15-23-27-7-6-20(25)24-21(19)27/h1-7,14-16,28H,8-13H2. The topological polar surface area (TPSA) is 83.2 Å². The average molecular weight is 405 g/mol. The maximum Gasteiger partial charge on any atom is 0.233 e. The summed E-state index contributed by atoms with van der Waals surface area (Å²) in [5, 5.41) is 14.0. The molecule has 0 spiro atoms. The molecule has 0 saturated heterocycles. The number of anilines is 1. The summed E-state index contributed by atoms with van der Waals surface area (Å²) in [6.07, 6.45) is 7.48. The number of hydrogen-bond acceptors (Lipinski definition) is 6. The van der Waals surface area contributed by atoms with Crippen molar-refractivity contribution in [2.24, 2.45) is 5.92 Å². The van der Waals surface area contributed by atoms with Crippen molar-refractivity contribution in [3.05, 3.63) is 54.9 Å². The van der Waals surface area contributed by atoms with E-state index in [2.05, 4.69) is 5.10 Å². The molecule has 5 rings (SSSR count). The summed E-state index contributed by atoms with van der Waals surface area (Å²) in [4.78, 5) is 21.4. The lowest BCUT2D eigenvalue weighted by Gasteiger charge is -2.28. The minimum absolute atomic E-state index is 0.00224. The van der Waals surface area contributed by atoms with Gasteiger partial charge in [-0.05, 0) is 23.8 Å². The largest absolute Gasteiger partial charge is 0.492 e. The first-order chi connectivity index (χ1) is 14.7. The molecule has 8 heteroatoms. The number of β-amino-alcohol motifs (C(OH)–C–C–N with tert-alkyl or cyclic N) is 1. The van der Waals surface area contributed by atoms with E-state index in [9.17, 15) is 9.90 Å². The van der Waals surface area contributed by atoms with Crippen LogP contribution in [0.5, 0.6) is 5.75 Å². The summed E-state index contributed by atoms with van der Waals surface area (Å²) >= 11 is 0. The minimum Gasteiger partial charge on any atom is -0.492 e. The first-order valence-corrected chi connectivity index (χ1v) is 10.1. The molecule has 0 atom stereocenters. The zero-order valence-corrected chi connectivity index (χ0v) is 16.5. The maximum absolute atomic E-state index is 12.7. The molecule has 0 radical (unpaired) electrons. The fraction of sp³-hybridized carbons (Fsp3) is 0.318. The molecule has 2 aromatic heterocycles. The Hall–Kier alpha value is -3.39. The van der Waals surface area contributed by atoms with Gasteiger partial charge in [0.15, 0.2) is 5.65 Å². The Kier molecular flexibility index (Phi) is 4.84. The maximum atomic E-state index is 12.7. The Morgan fingerprint density at radius 3 is 2.93 bits per heavy atom. The second kappa shape index (κ2) is 7.79. The number of carbonyl (C=O) groups is 1. The van der Waals surface area contributed by atoms with Crippen LogP contribution in [0.2, 0.25) is 0 Å². The zero-order valence-electron chi connectivity index (χ0n) is 16.5. The fourth-order valence-corrected chi connectivity index (χ4v) is 3.73. The number of benzene rings is 1. The number of carbonyl (C=O) groups excluding carboxylic acids is 1. The van der Waals surface area contributed by atoms with Crippen molar-refractivity contribution >= 4 is 17.4 Å². The zero-order chi connectivity index (χ0) is 20.5. The third-order valence-electron chi connectivity index (χ3n) is 5.44. The van der Waals surface area contributed by atoms with Crippen LogP contribution in [0.15, 0.2) is 54.9 Å². The van der Waals surface area contributed by atoms with Crippen molar-refractivity contribution < 1.29 is 14.6 Å². The molecule has 1 amide bonds. The van der Waals surface area contributed by atoms with Gasteiger partial charge in [0.2, 0.25) is 5.91 Å². The number of aliphatic hydroxyl groups excluding tert-OH is 1. The molecule has 4 bridgehead atoms. The van der Waals surface area contributed by atoms with Gasteiger partial charge in [0.05, 0.1) is 25.3 Å². The van der Waals surface area contributed by atoms with E-state index < -0.39 is 0 Å². The Balaban J connectivity index is 1.55. The number of amides is 1. The first-order valence-electron chi connectivity index (χ1n) is 10.1.